The Morgan fingerprint density at radius 1 is 1.15 bits per heavy atom. The lowest BCUT2D eigenvalue weighted by atomic mass is 9.94. The van der Waals surface area contributed by atoms with E-state index in [1.807, 2.05) is 32.0 Å². The Balaban J connectivity index is 1.64. The van der Waals surface area contributed by atoms with Crippen molar-refractivity contribution >= 4 is 22.2 Å². The third-order valence-corrected chi connectivity index (χ3v) is 6.06. The van der Waals surface area contributed by atoms with Crippen molar-refractivity contribution in [2.45, 2.75) is 51.8 Å². The number of anilines is 1. The number of benzene rings is 1. The maximum absolute atomic E-state index is 12.8. The highest BCUT2D eigenvalue weighted by molar-refractivity contribution is 7.16. The monoisotopic (exact) mass is 372 g/mol. The molecule has 2 heterocycles. The number of thiophene rings is 1. The summed E-state index contributed by atoms with van der Waals surface area (Å²) in [7, 11) is 1.63. The van der Waals surface area contributed by atoms with E-state index in [1.54, 1.807) is 18.4 Å². The van der Waals surface area contributed by atoms with E-state index < -0.39 is 0 Å². The Kier molecular flexibility index (Phi) is 4.53. The minimum absolute atomic E-state index is 0.0182. The molecule has 0 saturated carbocycles. The van der Waals surface area contributed by atoms with Crippen LogP contribution in [0.25, 0.3) is 0 Å². The van der Waals surface area contributed by atoms with E-state index in [9.17, 15) is 4.79 Å². The number of carbonyl (C=O) groups is 1. The summed E-state index contributed by atoms with van der Waals surface area (Å²) in [5, 5.41) is 7.59. The van der Waals surface area contributed by atoms with Gasteiger partial charge in [0.25, 0.3) is 5.91 Å². The number of aryl methyl sites for hydroxylation is 1. The summed E-state index contributed by atoms with van der Waals surface area (Å²) < 4.78 is 11.3. The number of fused-ring (bicyclic) bond motifs is 3. The number of rotatable bonds is 4. The minimum atomic E-state index is -0.267. The molecule has 0 spiro atoms. The molecule has 1 aromatic carbocycles. The normalized spacial score (nSPS) is 18.6. The third kappa shape index (κ3) is 3.03. The maximum atomic E-state index is 12.8. The predicted molar refractivity (Wildman–Crippen MR) is 104 cm³/mol. The van der Waals surface area contributed by atoms with E-state index in [2.05, 4.69) is 10.6 Å². The van der Waals surface area contributed by atoms with Crippen molar-refractivity contribution in [3.8, 4) is 11.5 Å². The van der Waals surface area contributed by atoms with Gasteiger partial charge in [-0.25, -0.2) is 0 Å². The molecule has 0 radical (unpaired) electrons. The molecule has 1 aromatic heterocycles. The molecular weight excluding hydrogens is 348 g/mol. The van der Waals surface area contributed by atoms with Crippen LogP contribution in [0.5, 0.6) is 11.5 Å². The van der Waals surface area contributed by atoms with Crippen molar-refractivity contribution < 1.29 is 14.3 Å². The zero-order valence-corrected chi connectivity index (χ0v) is 16.2. The molecular formula is C20H24N2O3S. The van der Waals surface area contributed by atoms with Gasteiger partial charge in [-0.05, 0) is 62.8 Å². The number of hydrogen-bond donors (Lipinski definition) is 2. The van der Waals surface area contributed by atoms with E-state index in [0.717, 1.165) is 29.0 Å². The van der Waals surface area contributed by atoms with Crippen molar-refractivity contribution in [3.63, 3.8) is 0 Å². The number of amides is 1. The van der Waals surface area contributed by atoms with Crippen molar-refractivity contribution in [2.75, 3.05) is 12.4 Å². The lowest BCUT2D eigenvalue weighted by Gasteiger charge is -2.27. The van der Waals surface area contributed by atoms with Crippen molar-refractivity contribution in [3.05, 3.63) is 39.8 Å². The third-order valence-electron chi connectivity index (χ3n) is 4.83. The van der Waals surface area contributed by atoms with Crippen LogP contribution in [0, 0.1) is 0 Å². The zero-order valence-electron chi connectivity index (χ0n) is 15.3. The molecule has 1 atom stereocenters. The molecule has 1 unspecified atom stereocenters. The zero-order chi connectivity index (χ0) is 18.3. The van der Waals surface area contributed by atoms with Gasteiger partial charge in [-0.3, -0.25) is 4.79 Å². The Hall–Kier alpha value is -2.21. The average Bonchev–Trinajstić information content (AvgIpc) is 3.00. The summed E-state index contributed by atoms with van der Waals surface area (Å²) in [5.74, 6) is 1.40. The molecule has 1 aliphatic carbocycles. The highest BCUT2D eigenvalue weighted by Crippen LogP contribution is 2.42. The molecule has 0 saturated heterocycles. The molecule has 2 aromatic rings. The molecule has 0 bridgehead atoms. The number of methoxy groups -OCH3 is 1. The molecule has 2 N–H and O–H groups in total. The van der Waals surface area contributed by atoms with Crippen LogP contribution in [0.1, 0.15) is 59.2 Å². The lowest BCUT2D eigenvalue weighted by Crippen LogP contribution is -2.38. The second-order valence-electron chi connectivity index (χ2n) is 7.04. The Morgan fingerprint density at radius 3 is 2.73 bits per heavy atom. The summed E-state index contributed by atoms with van der Waals surface area (Å²) in [6.07, 6.45) is 4.28. The van der Waals surface area contributed by atoms with Crippen molar-refractivity contribution in [1.82, 2.24) is 5.32 Å². The first-order chi connectivity index (χ1) is 12.6. The second kappa shape index (κ2) is 6.83. The van der Waals surface area contributed by atoms with Gasteiger partial charge in [0, 0.05) is 4.88 Å². The summed E-state index contributed by atoms with van der Waals surface area (Å²) in [6.45, 7) is 3.96. The Bertz CT molecular complexity index is 844. The highest BCUT2D eigenvalue weighted by atomic mass is 32.1. The molecule has 26 heavy (non-hydrogen) atoms. The standard InChI is InChI=1S/C20H24N2O3S/c1-11(2)25-14-9-8-12(10-15(14)24-3)18-21-19(23)17-13-6-4-5-7-16(13)26-20(17)22-18/h8-11,18,22H,4-7H2,1-3H3,(H,21,23). The fourth-order valence-electron chi connectivity index (χ4n) is 3.66. The SMILES string of the molecule is COc1cc(C2NC(=O)c3c(sc4c3CCCC4)N2)ccc1OC(C)C. The van der Waals surface area contributed by atoms with Gasteiger partial charge in [0.05, 0.1) is 18.8 Å². The van der Waals surface area contributed by atoms with E-state index in [-0.39, 0.29) is 18.2 Å². The Labute approximate surface area is 157 Å². The van der Waals surface area contributed by atoms with Crippen LogP contribution in [0.4, 0.5) is 5.00 Å². The topological polar surface area (TPSA) is 59.6 Å². The van der Waals surface area contributed by atoms with Crippen LogP contribution in [0.15, 0.2) is 18.2 Å². The van der Waals surface area contributed by atoms with Gasteiger partial charge in [-0.2, -0.15) is 0 Å². The summed E-state index contributed by atoms with van der Waals surface area (Å²) in [5.41, 5.74) is 3.05. The predicted octanol–water partition coefficient (Wildman–Crippen LogP) is 4.28. The first-order valence-corrected chi connectivity index (χ1v) is 9.95. The van der Waals surface area contributed by atoms with E-state index in [0.29, 0.717) is 11.5 Å². The minimum Gasteiger partial charge on any atom is -0.493 e. The number of carbonyl (C=O) groups excluding carboxylic acids is 1. The van der Waals surface area contributed by atoms with E-state index in [1.165, 1.54) is 23.3 Å². The lowest BCUT2D eigenvalue weighted by molar-refractivity contribution is 0.0935. The quantitative estimate of drug-likeness (QED) is 0.841. The number of nitrogens with one attached hydrogen (secondary N) is 2. The molecule has 1 aliphatic heterocycles. The summed E-state index contributed by atoms with van der Waals surface area (Å²) >= 11 is 1.73. The van der Waals surface area contributed by atoms with Crippen LogP contribution in [-0.2, 0) is 12.8 Å². The van der Waals surface area contributed by atoms with Crippen LogP contribution in [0.2, 0.25) is 0 Å². The van der Waals surface area contributed by atoms with E-state index in [4.69, 9.17) is 9.47 Å². The smallest absolute Gasteiger partial charge is 0.256 e. The fourth-order valence-corrected chi connectivity index (χ4v) is 4.97. The molecule has 6 heteroatoms. The molecule has 4 rings (SSSR count). The van der Waals surface area contributed by atoms with Crippen molar-refractivity contribution in [2.24, 2.45) is 0 Å². The highest BCUT2D eigenvalue weighted by Gasteiger charge is 2.32. The molecule has 0 fully saturated rings. The molecule has 1 amide bonds. The van der Waals surface area contributed by atoms with Crippen molar-refractivity contribution in [1.29, 1.82) is 0 Å². The summed E-state index contributed by atoms with van der Waals surface area (Å²) in [4.78, 5) is 14.1. The van der Waals surface area contributed by atoms with Crippen LogP contribution >= 0.6 is 11.3 Å². The second-order valence-corrected chi connectivity index (χ2v) is 8.15. The molecule has 5 nitrogen and oxygen atoms in total. The van der Waals surface area contributed by atoms with Crippen LogP contribution in [0.3, 0.4) is 0 Å². The van der Waals surface area contributed by atoms with Gasteiger partial charge in [0.2, 0.25) is 0 Å². The van der Waals surface area contributed by atoms with Gasteiger partial charge in [0.15, 0.2) is 11.5 Å². The average molecular weight is 372 g/mol. The van der Waals surface area contributed by atoms with Crippen LogP contribution in [-0.4, -0.2) is 19.1 Å². The summed E-state index contributed by atoms with van der Waals surface area (Å²) in [6, 6.07) is 5.79. The van der Waals surface area contributed by atoms with Crippen LogP contribution < -0.4 is 20.1 Å². The van der Waals surface area contributed by atoms with E-state index >= 15 is 0 Å². The fraction of sp³-hybridized carbons (Fsp3) is 0.450. The van der Waals surface area contributed by atoms with Gasteiger partial charge >= 0.3 is 0 Å². The van der Waals surface area contributed by atoms with Gasteiger partial charge in [0.1, 0.15) is 11.2 Å². The maximum Gasteiger partial charge on any atom is 0.256 e. The van der Waals surface area contributed by atoms with Gasteiger partial charge < -0.3 is 20.1 Å². The number of hydrogen-bond acceptors (Lipinski definition) is 5. The number of ether oxygens (including phenoxy) is 2. The van der Waals surface area contributed by atoms with Gasteiger partial charge in [-0.15, -0.1) is 11.3 Å². The first kappa shape index (κ1) is 17.2. The van der Waals surface area contributed by atoms with Gasteiger partial charge in [-0.1, -0.05) is 6.07 Å². The largest absolute Gasteiger partial charge is 0.493 e. The Morgan fingerprint density at radius 2 is 1.96 bits per heavy atom. The molecule has 2 aliphatic rings. The molecule has 138 valence electrons. The first-order valence-electron chi connectivity index (χ1n) is 9.13.